The van der Waals surface area contributed by atoms with E-state index in [0.29, 0.717) is 0 Å². The van der Waals surface area contributed by atoms with Gasteiger partial charge in [0, 0.05) is 16.7 Å². The Balaban J connectivity index is 1.73. The Morgan fingerprint density at radius 1 is 0.676 bits per heavy atom. The normalized spacial score (nSPS) is 23.4. The van der Waals surface area contributed by atoms with E-state index in [-0.39, 0.29) is 27.8 Å². The Labute approximate surface area is 224 Å². The fraction of sp³-hybridized carbons (Fsp3) is 0.429. The molecule has 2 heterocycles. The summed E-state index contributed by atoms with van der Waals surface area (Å²) in [4.78, 5) is 5.30. The second kappa shape index (κ2) is 7.53. The number of anilines is 4. The van der Waals surface area contributed by atoms with E-state index in [1.165, 1.54) is 45.0 Å². The van der Waals surface area contributed by atoms with Gasteiger partial charge in [-0.1, -0.05) is 98.4 Å². The molecule has 3 aliphatic rings. The maximum atomic E-state index is 4.78. The Hall–Kier alpha value is -3.00. The monoisotopic (exact) mass is 490 g/mol. The van der Waals surface area contributed by atoms with Crippen molar-refractivity contribution in [3.8, 4) is 0 Å². The first kappa shape index (κ1) is 24.3. The van der Waals surface area contributed by atoms with Gasteiger partial charge in [0.25, 0.3) is 0 Å². The van der Waals surface area contributed by atoms with E-state index in [0.717, 1.165) is 12.8 Å². The van der Waals surface area contributed by atoms with Crippen molar-refractivity contribution in [3.05, 3.63) is 90.0 Å². The number of para-hydroxylation sites is 2. The lowest BCUT2D eigenvalue weighted by Gasteiger charge is -2.52. The number of nitrogens with zero attached hydrogens (tertiary/aromatic N) is 2. The molecular weight excluding hydrogens is 448 g/mol. The molecule has 3 aromatic rings. The van der Waals surface area contributed by atoms with Gasteiger partial charge >= 0.3 is 0 Å². The minimum Gasteiger partial charge on any atom is -0.317 e. The maximum absolute atomic E-state index is 4.78. The summed E-state index contributed by atoms with van der Waals surface area (Å²) in [5.74, 6) is 0. The quantitative estimate of drug-likeness (QED) is 0.360. The van der Waals surface area contributed by atoms with Gasteiger partial charge < -0.3 is 9.80 Å². The van der Waals surface area contributed by atoms with Crippen LogP contribution in [0.4, 0.5) is 22.7 Å². The summed E-state index contributed by atoms with van der Waals surface area (Å²) < 4.78 is 0. The van der Waals surface area contributed by atoms with Crippen LogP contribution < -0.4 is 9.80 Å². The summed E-state index contributed by atoms with van der Waals surface area (Å²) in [6, 6.07) is 25.1. The molecule has 2 nitrogen and oxygen atoms in total. The van der Waals surface area contributed by atoms with E-state index in [1.807, 2.05) is 0 Å². The second-order valence-corrected chi connectivity index (χ2v) is 13.1. The molecule has 3 aromatic carbocycles. The van der Waals surface area contributed by atoms with Gasteiger partial charge in [-0.15, -0.1) is 0 Å². The van der Waals surface area contributed by atoms with Crippen molar-refractivity contribution in [2.75, 3.05) is 9.80 Å². The standard InChI is InChI=1S/C35H42N2/c1-10-35(11-2)23(3)25-19-15-16-20-28(25)37-30-22-27-26(32(4,5)34(8,9)33(27,6)7)21-29(30)36(31(35)37)24-17-13-12-14-18-24/h12-22,31H,3,10-11H2,1-2,4-9H3. The third-order valence-electron chi connectivity index (χ3n) is 11.5. The highest BCUT2D eigenvalue weighted by molar-refractivity contribution is 5.97. The van der Waals surface area contributed by atoms with E-state index in [9.17, 15) is 0 Å². The number of rotatable bonds is 3. The van der Waals surface area contributed by atoms with Crippen molar-refractivity contribution >= 4 is 28.3 Å². The highest BCUT2D eigenvalue weighted by atomic mass is 15.4. The van der Waals surface area contributed by atoms with E-state index < -0.39 is 0 Å². The van der Waals surface area contributed by atoms with Crippen LogP contribution in [-0.4, -0.2) is 6.17 Å². The minimum atomic E-state index is -0.0715. The molecule has 6 rings (SSSR count). The molecule has 0 radical (unpaired) electrons. The van der Waals surface area contributed by atoms with E-state index >= 15 is 0 Å². The molecule has 192 valence electrons. The molecule has 0 saturated carbocycles. The molecule has 1 atom stereocenters. The van der Waals surface area contributed by atoms with Crippen molar-refractivity contribution in [1.29, 1.82) is 0 Å². The van der Waals surface area contributed by atoms with Gasteiger partial charge in [-0.3, -0.25) is 0 Å². The third-order valence-corrected chi connectivity index (χ3v) is 11.5. The van der Waals surface area contributed by atoms with Gasteiger partial charge in [0.15, 0.2) is 0 Å². The summed E-state index contributed by atoms with van der Waals surface area (Å²) >= 11 is 0. The zero-order valence-corrected chi connectivity index (χ0v) is 23.9. The van der Waals surface area contributed by atoms with Crippen molar-refractivity contribution in [1.82, 2.24) is 0 Å². The van der Waals surface area contributed by atoms with Crippen molar-refractivity contribution < 1.29 is 0 Å². The molecule has 37 heavy (non-hydrogen) atoms. The lowest BCUT2D eigenvalue weighted by molar-refractivity contribution is 0.125. The van der Waals surface area contributed by atoms with Gasteiger partial charge in [0.05, 0.1) is 17.1 Å². The summed E-state index contributed by atoms with van der Waals surface area (Å²) in [5.41, 5.74) is 10.9. The van der Waals surface area contributed by atoms with Crippen LogP contribution in [0.5, 0.6) is 0 Å². The lowest BCUT2D eigenvalue weighted by Crippen LogP contribution is -2.54. The minimum absolute atomic E-state index is 0.0560. The van der Waals surface area contributed by atoms with E-state index in [4.69, 9.17) is 6.58 Å². The number of fused-ring (bicyclic) bond motifs is 6. The van der Waals surface area contributed by atoms with Crippen molar-refractivity contribution in [2.45, 2.75) is 85.2 Å². The fourth-order valence-corrected chi connectivity index (χ4v) is 7.86. The number of hydrogen-bond donors (Lipinski definition) is 0. The number of hydrogen-bond acceptors (Lipinski definition) is 2. The second-order valence-electron chi connectivity index (χ2n) is 13.1. The Morgan fingerprint density at radius 3 is 1.76 bits per heavy atom. The fourth-order valence-electron chi connectivity index (χ4n) is 7.86. The highest BCUT2D eigenvalue weighted by Crippen LogP contribution is 2.67. The van der Waals surface area contributed by atoms with Crippen LogP contribution in [0.3, 0.4) is 0 Å². The molecule has 1 unspecified atom stereocenters. The summed E-state index contributed by atoms with van der Waals surface area (Å²) in [6.07, 6.45) is 2.22. The predicted molar refractivity (Wildman–Crippen MR) is 159 cm³/mol. The van der Waals surface area contributed by atoms with Crippen molar-refractivity contribution in [3.63, 3.8) is 0 Å². The molecule has 0 fully saturated rings. The van der Waals surface area contributed by atoms with E-state index in [2.05, 4.69) is 132 Å². The Bertz CT molecular complexity index is 1400. The molecule has 1 aliphatic carbocycles. The first-order chi connectivity index (χ1) is 17.5. The number of benzene rings is 3. The van der Waals surface area contributed by atoms with Gasteiger partial charge in [0.1, 0.15) is 6.17 Å². The van der Waals surface area contributed by atoms with Crippen LogP contribution >= 0.6 is 0 Å². The molecule has 0 N–H and O–H groups in total. The molecule has 2 heteroatoms. The summed E-state index contributed by atoms with van der Waals surface area (Å²) in [6.45, 7) is 24.2. The molecule has 0 spiro atoms. The Morgan fingerprint density at radius 2 is 1.19 bits per heavy atom. The SMILES string of the molecule is C=C1c2ccccc2N2c3cc4c(cc3N(c3ccccc3)C2C1(CC)CC)C(C)(C)C(C)(C)C4(C)C. The first-order valence-electron chi connectivity index (χ1n) is 14.1. The molecular formula is C35H42N2. The zero-order valence-electron chi connectivity index (χ0n) is 23.9. The first-order valence-corrected chi connectivity index (χ1v) is 14.1. The van der Waals surface area contributed by atoms with Gasteiger partial charge in [-0.05, 0) is 76.1 Å². The van der Waals surface area contributed by atoms with Gasteiger partial charge in [-0.25, -0.2) is 0 Å². The maximum Gasteiger partial charge on any atom is 0.121 e. The van der Waals surface area contributed by atoms with Crippen LogP contribution in [0, 0.1) is 10.8 Å². The summed E-state index contributed by atoms with van der Waals surface area (Å²) in [5, 5.41) is 0. The smallest absolute Gasteiger partial charge is 0.121 e. The third kappa shape index (κ3) is 2.72. The zero-order chi connectivity index (χ0) is 26.5. The van der Waals surface area contributed by atoms with Crippen LogP contribution in [-0.2, 0) is 10.8 Å². The van der Waals surface area contributed by atoms with Gasteiger partial charge in [-0.2, -0.15) is 0 Å². The van der Waals surface area contributed by atoms with E-state index in [1.54, 1.807) is 0 Å². The van der Waals surface area contributed by atoms with Crippen LogP contribution in [0.2, 0.25) is 0 Å². The predicted octanol–water partition coefficient (Wildman–Crippen LogP) is 9.73. The highest BCUT2D eigenvalue weighted by Gasteiger charge is 2.59. The van der Waals surface area contributed by atoms with Crippen LogP contribution in [0.15, 0.2) is 73.3 Å². The van der Waals surface area contributed by atoms with Crippen LogP contribution in [0.25, 0.3) is 5.57 Å². The molecule has 2 aliphatic heterocycles. The summed E-state index contributed by atoms with van der Waals surface area (Å²) in [7, 11) is 0. The van der Waals surface area contributed by atoms with Crippen LogP contribution in [0.1, 0.15) is 84.9 Å². The largest absolute Gasteiger partial charge is 0.317 e. The lowest BCUT2D eigenvalue weighted by atomic mass is 9.59. The molecule has 0 amide bonds. The average molecular weight is 491 g/mol. The van der Waals surface area contributed by atoms with Crippen molar-refractivity contribution in [2.24, 2.45) is 10.8 Å². The molecule has 0 aromatic heterocycles. The Kier molecular flexibility index (Phi) is 4.95. The average Bonchev–Trinajstić information content (AvgIpc) is 3.28. The molecule has 0 saturated heterocycles. The topological polar surface area (TPSA) is 6.48 Å². The van der Waals surface area contributed by atoms with Gasteiger partial charge in [0.2, 0.25) is 0 Å². The molecule has 0 bridgehead atoms.